The lowest BCUT2D eigenvalue weighted by Gasteiger charge is -2.03. The van der Waals surface area contributed by atoms with Crippen LogP contribution in [0.4, 0.5) is 6.01 Å². The maximum absolute atomic E-state index is 12.1. The summed E-state index contributed by atoms with van der Waals surface area (Å²) in [4.78, 5) is 16.2. The highest BCUT2D eigenvalue weighted by atomic mass is 16.4. The van der Waals surface area contributed by atoms with Gasteiger partial charge in [-0.25, -0.2) is 0 Å². The van der Waals surface area contributed by atoms with E-state index in [1.165, 1.54) is 6.26 Å². The molecule has 1 aromatic carbocycles. The Morgan fingerprint density at radius 2 is 2.25 bits per heavy atom. The van der Waals surface area contributed by atoms with Crippen LogP contribution in [0.5, 0.6) is 0 Å². The zero-order chi connectivity index (χ0) is 14.4. The molecule has 0 saturated heterocycles. The van der Waals surface area contributed by atoms with Crippen molar-refractivity contribution in [3.63, 3.8) is 0 Å². The third kappa shape index (κ3) is 3.46. The van der Waals surface area contributed by atoms with Gasteiger partial charge in [-0.1, -0.05) is 24.0 Å². The molecule has 2 aromatic rings. The van der Waals surface area contributed by atoms with E-state index in [9.17, 15) is 4.79 Å². The Balaban J connectivity index is 2.19. The van der Waals surface area contributed by atoms with Gasteiger partial charge in [-0.3, -0.25) is 10.1 Å². The fourth-order valence-corrected chi connectivity index (χ4v) is 1.58. The second-order valence-corrected chi connectivity index (χ2v) is 4.07. The third-order valence-corrected chi connectivity index (χ3v) is 2.47. The molecule has 0 atom stereocenters. The summed E-state index contributed by atoms with van der Waals surface area (Å²) in [5.74, 6) is 5.33. The number of anilines is 1. The summed E-state index contributed by atoms with van der Waals surface area (Å²) in [6.45, 7) is 1.77. The minimum Gasteiger partial charge on any atom is -0.432 e. The minimum atomic E-state index is -0.333. The molecule has 5 nitrogen and oxygen atoms in total. The fraction of sp³-hybridized carbons (Fsp3) is 0.200. The van der Waals surface area contributed by atoms with Crippen molar-refractivity contribution in [3.8, 4) is 11.8 Å². The van der Waals surface area contributed by atoms with Crippen molar-refractivity contribution in [2.24, 2.45) is 0 Å². The topological polar surface area (TPSA) is 75.4 Å². The Morgan fingerprint density at radius 3 is 2.95 bits per heavy atom. The van der Waals surface area contributed by atoms with E-state index in [4.69, 9.17) is 9.52 Å². The van der Waals surface area contributed by atoms with E-state index in [1.54, 1.807) is 31.2 Å². The van der Waals surface area contributed by atoms with Gasteiger partial charge in [-0.05, 0) is 19.1 Å². The lowest BCUT2D eigenvalue weighted by Crippen LogP contribution is -2.13. The quantitative estimate of drug-likeness (QED) is 0.836. The van der Waals surface area contributed by atoms with E-state index < -0.39 is 0 Å². The molecule has 0 unspecified atom stereocenters. The van der Waals surface area contributed by atoms with Gasteiger partial charge in [0.1, 0.15) is 6.26 Å². The monoisotopic (exact) mass is 270 g/mol. The van der Waals surface area contributed by atoms with Crippen LogP contribution in [-0.2, 0) is 0 Å². The van der Waals surface area contributed by atoms with Gasteiger partial charge in [0.25, 0.3) is 5.91 Å². The Morgan fingerprint density at radius 1 is 1.45 bits per heavy atom. The predicted molar refractivity (Wildman–Crippen MR) is 74.2 cm³/mol. The smallest absolute Gasteiger partial charge is 0.301 e. The Hall–Kier alpha value is -2.58. The second-order valence-electron chi connectivity index (χ2n) is 4.07. The van der Waals surface area contributed by atoms with Gasteiger partial charge < -0.3 is 9.52 Å². The van der Waals surface area contributed by atoms with Crippen LogP contribution in [-0.4, -0.2) is 22.6 Å². The highest BCUT2D eigenvalue weighted by Crippen LogP contribution is 2.12. The molecule has 5 heteroatoms. The molecular formula is C15H14N2O3. The van der Waals surface area contributed by atoms with Crippen LogP contribution in [0.25, 0.3) is 0 Å². The molecule has 1 heterocycles. The van der Waals surface area contributed by atoms with Gasteiger partial charge in [0.15, 0.2) is 0 Å². The molecule has 1 amide bonds. The average molecular weight is 270 g/mol. The van der Waals surface area contributed by atoms with E-state index >= 15 is 0 Å². The third-order valence-electron chi connectivity index (χ3n) is 2.47. The van der Waals surface area contributed by atoms with Crippen molar-refractivity contribution in [2.75, 3.05) is 11.9 Å². The summed E-state index contributed by atoms with van der Waals surface area (Å²) in [5.41, 5.74) is 1.73. The number of carbonyl (C=O) groups excluding carboxylic acids is 1. The molecule has 0 aliphatic rings. The van der Waals surface area contributed by atoms with Crippen molar-refractivity contribution < 1.29 is 14.3 Å². The minimum absolute atomic E-state index is 0.00302. The zero-order valence-corrected chi connectivity index (χ0v) is 11.0. The van der Waals surface area contributed by atoms with Crippen molar-refractivity contribution in [3.05, 3.63) is 47.3 Å². The van der Waals surface area contributed by atoms with E-state index in [-0.39, 0.29) is 18.5 Å². The molecule has 2 N–H and O–H groups in total. The summed E-state index contributed by atoms with van der Waals surface area (Å²) in [7, 11) is 0. The van der Waals surface area contributed by atoms with Gasteiger partial charge in [0.05, 0.1) is 17.9 Å². The first kappa shape index (κ1) is 13.8. The molecule has 0 aliphatic carbocycles. The zero-order valence-electron chi connectivity index (χ0n) is 11.0. The molecule has 0 aliphatic heterocycles. The van der Waals surface area contributed by atoms with Gasteiger partial charge >= 0.3 is 6.01 Å². The molecule has 1 aromatic heterocycles. The molecule has 0 fully saturated rings. The number of hydrogen-bond acceptors (Lipinski definition) is 4. The van der Waals surface area contributed by atoms with Gasteiger partial charge in [0.2, 0.25) is 0 Å². The maximum atomic E-state index is 12.1. The lowest BCUT2D eigenvalue weighted by atomic mass is 10.1. The average Bonchev–Trinajstić information content (AvgIpc) is 2.85. The first-order valence-electron chi connectivity index (χ1n) is 6.13. The number of nitrogens with one attached hydrogen (secondary N) is 1. The van der Waals surface area contributed by atoms with Crippen LogP contribution >= 0.6 is 0 Å². The standard InChI is InChI=1S/C15H14N2O3/c1-11-10-20-15(16-11)17-14(19)13-8-3-2-6-12(13)7-4-5-9-18/h2-3,6,8,10,18H,5,9H2,1H3,(H,16,17,19). The number of benzene rings is 1. The number of rotatable bonds is 3. The van der Waals surface area contributed by atoms with E-state index in [1.807, 2.05) is 0 Å². The number of aliphatic hydroxyl groups is 1. The van der Waals surface area contributed by atoms with Gasteiger partial charge in [-0.2, -0.15) is 4.98 Å². The number of hydrogen-bond donors (Lipinski definition) is 2. The number of aryl methyl sites for hydroxylation is 1. The molecule has 2 rings (SSSR count). The molecule has 20 heavy (non-hydrogen) atoms. The van der Waals surface area contributed by atoms with Crippen LogP contribution in [0, 0.1) is 18.8 Å². The summed E-state index contributed by atoms with van der Waals surface area (Å²) in [5, 5.41) is 11.3. The molecule has 0 spiro atoms. The molecular weight excluding hydrogens is 256 g/mol. The van der Waals surface area contributed by atoms with Crippen LogP contribution in [0.15, 0.2) is 34.9 Å². The normalized spacial score (nSPS) is 9.70. The molecule has 102 valence electrons. The predicted octanol–water partition coefficient (Wildman–Crippen LogP) is 1.97. The van der Waals surface area contributed by atoms with Gasteiger partial charge in [0, 0.05) is 12.0 Å². The number of oxazole rings is 1. The molecule has 0 saturated carbocycles. The Labute approximate surface area is 116 Å². The SMILES string of the molecule is Cc1coc(NC(=O)c2ccccc2C#CCCO)n1. The maximum Gasteiger partial charge on any atom is 0.301 e. The van der Waals surface area contributed by atoms with E-state index in [0.29, 0.717) is 23.2 Å². The van der Waals surface area contributed by atoms with Crippen molar-refractivity contribution in [2.45, 2.75) is 13.3 Å². The van der Waals surface area contributed by atoms with Crippen molar-refractivity contribution >= 4 is 11.9 Å². The largest absolute Gasteiger partial charge is 0.432 e. The van der Waals surface area contributed by atoms with Crippen molar-refractivity contribution in [1.82, 2.24) is 4.98 Å². The number of aromatic nitrogens is 1. The summed E-state index contributed by atoms with van der Waals surface area (Å²) in [6, 6.07) is 7.14. The first-order valence-corrected chi connectivity index (χ1v) is 6.13. The van der Waals surface area contributed by atoms with Crippen LogP contribution < -0.4 is 5.32 Å². The first-order chi connectivity index (χ1) is 9.70. The highest BCUT2D eigenvalue weighted by molar-refractivity contribution is 6.04. The van der Waals surface area contributed by atoms with Crippen molar-refractivity contribution in [1.29, 1.82) is 0 Å². The number of nitrogens with zero attached hydrogens (tertiary/aromatic N) is 1. The highest BCUT2D eigenvalue weighted by Gasteiger charge is 2.12. The lowest BCUT2D eigenvalue weighted by molar-refractivity contribution is 0.102. The van der Waals surface area contributed by atoms with E-state index in [2.05, 4.69) is 22.1 Å². The van der Waals surface area contributed by atoms with Crippen LogP contribution in [0.1, 0.15) is 28.0 Å². The second kappa shape index (κ2) is 6.55. The Kier molecular flexibility index (Phi) is 4.53. The summed E-state index contributed by atoms with van der Waals surface area (Å²) >= 11 is 0. The Bertz CT molecular complexity index is 665. The number of aliphatic hydroxyl groups excluding tert-OH is 1. The fourth-order valence-electron chi connectivity index (χ4n) is 1.58. The molecule has 0 bridgehead atoms. The van der Waals surface area contributed by atoms with Crippen LogP contribution in [0.2, 0.25) is 0 Å². The number of carbonyl (C=O) groups is 1. The summed E-state index contributed by atoms with van der Waals surface area (Å²) < 4.78 is 5.08. The van der Waals surface area contributed by atoms with E-state index in [0.717, 1.165) is 0 Å². The van der Waals surface area contributed by atoms with Crippen LogP contribution in [0.3, 0.4) is 0 Å². The summed E-state index contributed by atoms with van der Waals surface area (Å²) in [6.07, 6.45) is 1.83. The molecule has 0 radical (unpaired) electrons. The van der Waals surface area contributed by atoms with Gasteiger partial charge in [-0.15, -0.1) is 0 Å². The number of amides is 1.